The number of oxime groups is 1. The molecule has 1 aromatic carbocycles. The Morgan fingerprint density at radius 3 is 2.73 bits per heavy atom. The van der Waals surface area contributed by atoms with Crippen molar-refractivity contribution in [2.45, 2.75) is 6.42 Å². The third-order valence-corrected chi connectivity index (χ3v) is 2.37. The summed E-state index contributed by atoms with van der Waals surface area (Å²) in [5.41, 5.74) is 1.07. The Morgan fingerprint density at radius 2 is 2.20 bits per heavy atom. The summed E-state index contributed by atoms with van der Waals surface area (Å²) in [5, 5.41) is 4.60. The lowest BCUT2D eigenvalue weighted by Crippen LogP contribution is -2.06. The quantitative estimate of drug-likeness (QED) is 0.591. The highest BCUT2D eigenvalue weighted by Gasteiger charge is 2.06. The van der Waals surface area contributed by atoms with Gasteiger partial charge in [0.15, 0.2) is 0 Å². The van der Waals surface area contributed by atoms with Gasteiger partial charge in [-0.15, -0.1) is 0 Å². The standard InChI is InChI=1S/C10H10Cl2FNO/c1-15-14-9(6-13)4-7-2-3-8(11)5-10(7)12/h2-3,5H,4,6H2,1H3. The molecule has 0 aliphatic carbocycles. The van der Waals surface area contributed by atoms with E-state index in [1.807, 2.05) is 0 Å². The van der Waals surface area contributed by atoms with Crippen LogP contribution in [-0.4, -0.2) is 19.5 Å². The van der Waals surface area contributed by atoms with Crippen LogP contribution in [0.3, 0.4) is 0 Å². The molecule has 1 rings (SSSR count). The maximum atomic E-state index is 12.5. The van der Waals surface area contributed by atoms with Crippen LogP contribution in [0.25, 0.3) is 0 Å². The van der Waals surface area contributed by atoms with Crippen molar-refractivity contribution < 1.29 is 9.23 Å². The molecule has 82 valence electrons. The number of benzene rings is 1. The predicted octanol–water partition coefficient (Wildman–Crippen LogP) is 3.51. The molecule has 0 fully saturated rings. The fraction of sp³-hybridized carbons (Fsp3) is 0.300. The van der Waals surface area contributed by atoms with E-state index in [-0.39, 0.29) is 0 Å². The lowest BCUT2D eigenvalue weighted by Gasteiger charge is -2.04. The van der Waals surface area contributed by atoms with E-state index in [0.717, 1.165) is 5.56 Å². The van der Waals surface area contributed by atoms with Crippen molar-refractivity contribution in [3.63, 3.8) is 0 Å². The highest BCUT2D eigenvalue weighted by molar-refractivity contribution is 6.35. The number of hydrogen-bond donors (Lipinski definition) is 0. The molecule has 0 aromatic heterocycles. The molecule has 0 aliphatic heterocycles. The second kappa shape index (κ2) is 5.93. The van der Waals surface area contributed by atoms with Crippen LogP contribution in [0.15, 0.2) is 23.4 Å². The van der Waals surface area contributed by atoms with Crippen molar-refractivity contribution in [3.05, 3.63) is 33.8 Å². The second-order valence-corrected chi connectivity index (χ2v) is 3.73. The van der Waals surface area contributed by atoms with Gasteiger partial charge in [0.05, 0.1) is 5.71 Å². The number of hydrogen-bond acceptors (Lipinski definition) is 2. The zero-order valence-corrected chi connectivity index (χ0v) is 9.65. The first-order valence-corrected chi connectivity index (χ1v) is 5.01. The van der Waals surface area contributed by atoms with Crippen LogP contribution in [0.2, 0.25) is 10.0 Å². The van der Waals surface area contributed by atoms with Crippen molar-refractivity contribution in [2.75, 3.05) is 13.8 Å². The molecule has 0 heterocycles. The number of rotatable bonds is 4. The van der Waals surface area contributed by atoms with Gasteiger partial charge in [-0.2, -0.15) is 0 Å². The maximum Gasteiger partial charge on any atom is 0.131 e. The Labute approximate surface area is 97.6 Å². The van der Waals surface area contributed by atoms with E-state index in [1.165, 1.54) is 7.11 Å². The lowest BCUT2D eigenvalue weighted by atomic mass is 10.1. The fourth-order valence-corrected chi connectivity index (χ4v) is 1.59. The van der Waals surface area contributed by atoms with Gasteiger partial charge < -0.3 is 4.84 Å². The molecular formula is C10H10Cl2FNO. The first-order chi connectivity index (χ1) is 7.17. The lowest BCUT2D eigenvalue weighted by molar-refractivity contribution is 0.211. The molecule has 0 saturated carbocycles. The molecular weight excluding hydrogens is 240 g/mol. The van der Waals surface area contributed by atoms with Crippen LogP contribution in [-0.2, 0) is 11.3 Å². The van der Waals surface area contributed by atoms with Crippen LogP contribution in [0, 0.1) is 0 Å². The minimum atomic E-state index is -0.660. The SMILES string of the molecule is CON=C(CF)Cc1ccc(Cl)cc1Cl. The highest BCUT2D eigenvalue weighted by Crippen LogP contribution is 2.21. The second-order valence-electron chi connectivity index (χ2n) is 2.89. The van der Waals surface area contributed by atoms with Crippen LogP contribution in [0.4, 0.5) is 4.39 Å². The average molecular weight is 250 g/mol. The van der Waals surface area contributed by atoms with Gasteiger partial charge in [0.25, 0.3) is 0 Å². The minimum absolute atomic E-state index is 0.293. The summed E-state index contributed by atoms with van der Waals surface area (Å²) in [6.45, 7) is -0.660. The van der Waals surface area contributed by atoms with Gasteiger partial charge in [-0.3, -0.25) is 0 Å². The molecule has 0 spiro atoms. The molecule has 0 unspecified atom stereocenters. The maximum absolute atomic E-state index is 12.5. The van der Waals surface area contributed by atoms with E-state index < -0.39 is 6.67 Å². The fourth-order valence-electron chi connectivity index (χ4n) is 1.12. The van der Waals surface area contributed by atoms with Gasteiger partial charge in [0, 0.05) is 16.5 Å². The summed E-state index contributed by atoms with van der Waals surface area (Å²) in [6.07, 6.45) is 0.320. The molecule has 0 saturated heterocycles. The molecule has 0 N–H and O–H groups in total. The van der Waals surface area contributed by atoms with E-state index in [9.17, 15) is 4.39 Å². The van der Waals surface area contributed by atoms with Gasteiger partial charge in [-0.1, -0.05) is 34.4 Å². The molecule has 0 radical (unpaired) electrons. The number of nitrogens with zero attached hydrogens (tertiary/aromatic N) is 1. The van der Waals surface area contributed by atoms with Crippen molar-refractivity contribution in [2.24, 2.45) is 5.16 Å². The van der Waals surface area contributed by atoms with Gasteiger partial charge in [0.1, 0.15) is 13.8 Å². The monoisotopic (exact) mass is 249 g/mol. The molecule has 1 aromatic rings. The van der Waals surface area contributed by atoms with Crippen LogP contribution in [0.1, 0.15) is 5.56 Å². The van der Waals surface area contributed by atoms with Crippen LogP contribution >= 0.6 is 23.2 Å². The molecule has 0 aliphatic rings. The van der Waals surface area contributed by atoms with E-state index >= 15 is 0 Å². The summed E-state index contributed by atoms with van der Waals surface area (Å²) < 4.78 is 12.5. The van der Waals surface area contributed by atoms with Crippen molar-refractivity contribution >= 4 is 28.9 Å². The predicted molar refractivity (Wildman–Crippen MR) is 60.6 cm³/mol. The molecule has 0 atom stereocenters. The van der Waals surface area contributed by atoms with Gasteiger partial charge in [-0.05, 0) is 17.7 Å². The Kier molecular flexibility index (Phi) is 4.85. The van der Waals surface area contributed by atoms with Crippen molar-refractivity contribution in [3.8, 4) is 0 Å². The number of alkyl halides is 1. The van der Waals surface area contributed by atoms with Crippen molar-refractivity contribution in [1.29, 1.82) is 0 Å². The first kappa shape index (κ1) is 12.3. The van der Waals surface area contributed by atoms with Gasteiger partial charge >= 0.3 is 0 Å². The van der Waals surface area contributed by atoms with E-state index in [0.29, 0.717) is 22.2 Å². The molecule has 15 heavy (non-hydrogen) atoms. The van der Waals surface area contributed by atoms with Crippen molar-refractivity contribution in [1.82, 2.24) is 0 Å². The summed E-state index contributed by atoms with van der Waals surface area (Å²) >= 11 is 11.7. The summed E-state index contributed by atoms with van der Waals surface area (Å²) in [5.74, 6) is 0. The Morgan fingerprint density at radius 1 is 1.47 bits per heavy atom. The van der Waals surface area contributed by atoms with Gasteiger partial charge in [0.2, 0.25) is 0 Å². The molecule has 5 heteroatoms. The van der Waals surface area contributed by atoms with E-state index in [2.05, 4.69) is 9.99 Å². The van der Waals surface area contributed by atoms with E-state index in [1.54, 1.807) is 18.2 Å². The molecule has 2 nitrogen and oxygen atoms in total. The summed E-state index contributed by atoms with van der Waals surface area (Å²) in [7, 11) is 1.37. The van der Waals surface area contributed by atoms with Gasteiger partial charge in [-0.25, -0.2) is 4.39 Å². The Bertz CT molecular complexity index is 368. The van der Waals surface area contributed by atoms with E-state index in [4.69, 9.17) is 23.2 Å². The summed E-state index contributed by atoms with van der Waals surface area (Å²) in [6, 6.07) is 5.05. The highest BCUT2D eigenvalue weighted by atomic mass is 35.5. The summed E-state index contributed by atoms with van der Waals surface area (Å²) in [4.78, 5) is 4.51. The molecule has 0 amide bonds. The molecule has 0 bridgehead atoms. The third kappa shape index (κ3) is 3.68. The normalized spacial score (nSPS) is 11.6. The Hall–Kier alpha value is -0.800. The van der Waals surface area contributed by atoms with Crippen LogP contribution < -0.4 is 0 Å². The largest absolute Gasteiger partial charge is 0.399 e. The van der Waals surface area contributed by atoms with Crippen LogP contribution in [0.5, 0.6) is 0 Å². The Balaban J connectivity index is 2.84. The zero-order valence-electron chi connectivity index (χ0n) is 8.14. The average Bonchev–Trinajstić information content (AvgIpc) is 2.21. The zero-order chi connectivity index (χ0) is 11.3. The smallest absolute Gasteiger partial charge is 0.131 e. The third-order valence-electron chi connectivity index (χ3n) is 1.78. The number of halogens is 3. The topological polar surface area (TPSA) is 21.6 Å². The first-order valence-electron chi connectivity index (χ1n) is 4.26. The minimum Gasteiger partial charge on any atom is -0.399 e.